The fraction of sp³-hybridized carbons (Fsp3) is 0.250. The number of nitrogens with zero attached hydrogens (tertiary/aromatic N) is 5. The summed E-state index contributed by atoms with van der Waals surface area (Å²) >= 11 is 0. The van der Waals surface area contributed by atoms with E-state index in [9.17, 15) is 14.0 Å². The largest absolute Gasteiger partial charge is 0.465 e. The molecule has 11 heteroatoms. The molecule has 1 saturated heterocycles. The highest BCUT2D eigenvalue weighted by molar-refractivity contribution is 5.72. The molecule has 0 saturated carbocycles. The summed E-state index contributed by atoms with van der Waals surface area (Å²) in [5.74, 6) is 0.0803. The zero-order chi connectivity index (χ0) is 21.5. The summed E-state index contributed by atoms with van der Waals surface area (Å²) < 4.78 is 20.1. The lowest BCUT2D eigenvalue weighted by atomic mass is 9.93. The van der Waals surface area contributed by atoms with Crippen molar-refractivity contribution in [2.24, 2.45) is 0 Å². The molecule has 1 fully saturated rings. The summed E-state index contributed by atoms with van der Waals surface area (Å²) in [5.41, 5.74) is 1.86. The second kappa shape index (κ2) is 7.35. The van der Waals surface area contributed by atoms with Crippen LogP contribution in [0.25, 0.3) is 28.5 Å². The lowest BCUT2D eigenvalue weighted by Crippen LogP contribution is -2.37. The number of carboxylic acid groups (broad SMARTS) is 1. The van der Waals surface area contributed by atoms with Gasteiger partial charge in [-0.25, -0.2) is 13.7 Å². The number of hydrogen-bond donors (Lipinski definition) is 2. The molecule has 0 radical (unpaired) electrons. The Labute approximate surface area is 173 Å². The van der Waals surface area contributed by atoms with E-state index in [1.807, 2.05) is 0 Å². The first-order valence-electron chi connectivity index (χ1n) is 9.68. The summed E-state index contributed by atoms with van der Waals surface area (Å²) in [5, 5.41) is 17.5. The number of halogens is 1. The van der Waals surface area contributed by atoms with Crippen molar-refractivity contribution < 1.29 is 18.8 Å². The van der Waals surface area contributed by atoms with Crippen molar-refractivity contribution >= 4 is 11.7 Å². The van der Waals surface area contributed by atoms with E-state index in [0.717, 1.165) is 0 Å². The summed E-state index contributed by atoms with van der Waals surface area (Å²) in [4.78, 5) is 32.0. The summed E-state index contributed by atoms with van der Waals surface area (Å²) in [6.45, 7) is 0.792. The molecule has 0 aliphatic carbocycles. The zero-order valence-corrected chi connectivity index (χ0v) is 16.2. The highest BCUT2D eigenvalue weighted by Gasteiger charge is 2.27. The van der Waals surface area contributed by atoms with Gasteiger partial charge in [0.1, 0.15) is 17.0 Å². The Morgan fingerprint density at radius 2 is 1.97 bits per heavy atom. The van der Waals surface area contributed by atoms with E-state index < -0.39 is 6.09 Å². The Kier molecular flexibility index (Phi) is 4.50. The molecule has 1 aliphatic heterocycles. The van der Waals surface area contributed by atoms with Gasteiger partial charge in [-0.1, -0.05) is 5.16 Å². The summed E-state index contributed by atoms with van der Waals surface area (Å²) in [6.07, 6.45) is 1.78. The Bertz CT molecular complexity index is 1320. The maximum absolute atomic E-state index is 13.2. The van der Waals surface area contributed by atoms with E-state index in [1.54, 1.807) is 16.6 Å². The smallest absolute Gasteiger partial charge is 0.407 e. The van der Waals surface area contributed by atoms with Crippen LogP contribution in [0, 0.1) is 5.82 Å². The van der Waals surface area contributed by atoms with Crippen molar-refractivity contribution in [1.82, 2.24) is 29.6 Å². The van der Waals surface area contributed by atoms with E-state index in [1.165, 1.54) is 29.3 Å². The summed E-state index contributed by atoms with van der Waals surface area (Å²) in [7, 11) is 0. The van der Waals surface area contributed by atoms with E-state index >= 15 is 0 Å². The first-order valence-corrected chi connectivity index (χ1v) is 9.68. The van der Waals surface area contributed by atoms with Gasteiger partial charge in [0.15, 0.2) is 0 Å². The van der Waals surface area contributed by atoms with Gasteiger partial charge >= 0.3 is 6.09 Å². The van der Waals surface area contributed by atoms with Crippen LogP contribution in [0.2, 0.25) is 0 Å². The Hall–Kier alpha value is -4.02. The van der Waals surface area contributed by atoms with Crippen LogP contribution in [0.4, 0.5) is 9.18 Å². The molecule has 4 heterocycles. The van der Waals surface area contributed by atoms with Crippen molar-refractivity contribution in [2.45, 2.75) is 18.8 Å². The third kappa shape index (κ3) is 3.43. The van der Waals surface area contributed by atoms with Crippen LogP contribution in [0.15, 0.2) is 45.8 Å². The second-order valence-electron chi connectivity index (χ2n) is 7.35. The number of fused-ring (bicyclic) bond motifs is 1. The minimum atomic E-state index is -0.941. The first kappa shape index (κ1) is 19.0. The molecular weight excluding hydrogens is 407 g/mol. The minimum Gasteiger partial charge on any atom is -0.465 e. The SMILES string of the molecule is O=C(O)N1CCC(c2cc(=O)[nH]c3c(-c4nc(-c5ccc(F)cc5)no4)cnn23)CC1. The summed E-state index contributed by atoms with van der Waals surface area (Å²) in [6, 6.07) is 7.19. The number of H-pyrrole nitrogens is 1. The van der Waals surface area contributed by atoms with Gasteiger partial charge < -0.3 is 19.5 Å². The van der Waals surface area contributed by atoms with Gasteiger partial charge in [0.05, 0.1) is 11.9 Å². The zero-order valence-electron chi connectivity index (χ0n) is 16.2. The number of aromatic nitrogens is 5. The molecule has 1 aliphatic rings. The number of benzene rings is 1. The fourth-order valence-corrected chi connectivity index (χ4v) is 3.88. The van der Waals surface area contributed by atoms with Crippen LogP contribution in [-0.2, 0) is 0 Å². The molecule has 0 unspecified atom stereocenters. The monoisotopic (exact) mass is 424 g/mol. The van der Waals surface area contributed by atoms with Crippen molar-refractivity contribution in [2.75, 3.05) is 13.1 Å². The average molecular weight is 424 g/mol. The van der Waals surface area contributed by atoms with E-state index in [2.05, 4.69) is 20.2 Å². The molecule has 158 valence electrons. The Morgan fingerprint density at radius 1 is 1.23 bits per heavy atom. The molecule has 0 bridgehead atoms. The van der Waals surface area contributed by atoms with Gasteiger partial charge in [0.2, 0.25) is 5.82 Å². The Morgan fingerprint density at radius 3 is 2.68 bits per heavy atom. The number of amides is 1. The lowest BCUT2D eigenvalue weighted by molar-refractivity contribution is 0.131. The lowest BCUT2D eigenvalue weighted by Gasteiger charge is -2.30. The Balaban J connectivity index is 1.50. The van der Waals surface area contributed by atoms with Crippen LogP contribution in [-0.4, -0.2) is 53.9 Å². The molecule has 1 aromatic carbocycles. The van der Waals surface area contributed by atoms with E-state index in [4.69, 9.17) is 9.63 Å². The van der Waals surface area contributed by atoms with Gasteiger partial charge in [-0.15, -0.1) is 0 Å². The topological polar surface area (TPSA) is 130 Å². The van der Waals surface area contributed by atoms with Gasteiger partial charge in [0, 0.05) is 30.6 Å². The van der Waals surface area contributed by atoms with E-state index in [-0.39, 0.29) is 29.0 Å². The van der Waals surface area contributed by atoms with Gasteiger partial charge in [0.25, 0.3) is 11.4 Å². The van der Waals surface area contributed by atoms with Gasteiger partial charge in [-0.05, 0) is 37.1 Å². The number of nitrogens with one attached hydrogen (secondary N) is 1. The quantitative estimate of drug-likeness (QED) is 0.517. The molecular formula is C20H17FN6O4. The van der Waals surface area contributed by atoms with Crippen molar-refractivity contribution in [3.05, 3.63) is 58.4 Å². The highest BCUT2D eigenvalue weighted by atomic mass is 19.1. The number of carbonyl (C=O) groups is 1. The van der Waals surface area contributed by atoms with Crippen LogP contribution < -0.4 is 5.56 Å². The third-order valence-corrected chi connectivity index (χ3v) is 5.48. The molecule has 4 aromatic rings. The number of hydrogen-bond acceptors (Lipinski definition) is 6. The molecule has 1 amide bonds. The molecule has 0 atom stereocenters. The van der Waals surface area contributed by atoms with Gasteiger partial charge in [-0.2, -0.15) is 10.1 Å². The molecule has 31 heavy (non-hydrogen) atoms. The van der Waals surface area contributed by atoms with Crippen molar-refractivity contribution in [3.63, 3.8) is 0 Å². The molecule has 3 aromatic heterocycles. The predicted octanol–water partition coefficient (Wildman–Crippen LogP) is 2.74. The van der Waals surface area contributed by atoms with Crippen molar-refractivity contribution in [3.8, 4) is 22.8 Å². The van der Waals surface area contributed by atoms with Crippen LogP contribution in [0.1, 0.15) is 24.5 Å². The van der Waals surface area contributed by atoms with E-state index in [0.29, 0.717) is 48.4 Å². The number of piperidine rings is 1. The maximum Gasteiger partial charge on any atom is 0.407 e. The molecule has 0 spiro atoms. The second-order valence-corrected chi connectivity index (χ2v) is 7.35. The molecule has 5 rings (SSSR count). The minimum absolute atomic E-state index is 0.00869. The number of likely N-dealkylation sites (tertiary alicyclic amines) is 1. The molecule has 10 nitrogen and oxygen atoms in total. The third-order valence-electron chi connectivity index (χ3n) is 5.48. The fourth-order valence-electron chi connectivity index (χ4n) is 3.88. The molecule has 2 N–H and O–H groups in total. The number of aromatic amines is 1. The van der Waals surface area contributed by atoms with Crippen molar-refractivity contribution in [1.29, 1.82) is 0 Å². The first-order chi connectivity index (χ1) is 15.0. The van der Waals surface area contributed by atoms with Crippen LogP contribution >= 0.6 is 0 Å². The standard InChI is InChI=1S/C20H17FN6O4/c21-13-3-1-12(2-4-13)17-24-19(31-25-17)14-10-22-27-15(9-16(28)23-18(14)27)11-5-7-26(8-6-11)20(29)30/h1-4,9-11H,5-8H2,(H,23,28)(H,29,30). The normalized spacial score (nSPS) is 14.9. The highest BCUT2D eigenvalue weighted by Crippen LogP contribution is 2.30. The van der Waals surface area contributed by atoms with Crippen LogP contribution in [0.3, 0.4) is 0 Å². The average Bonchev–Trinajstić information content (AvgIpc) is 3.41. The predicted molar refractivity (Wildman–Crippen MR) is 106 cm³/mol. The maximum atomic E-state index is 13.2. The van der Waals surface area contributed by atoms with Crippen LogP contribution in [0.5, 0.6) is 0 Å². The van der Waals surface area contributed by atoms with Gasteiger partial charge in [-0.3, -0.25) is 4.79 Å². The number of rotatable bonds is 3.